The van der Waals surface area contributed by atoms with Crippen molar-refractivity contribution in [2.75, 3.05) is 46.0 Å². The predicted molar refractivity (Wildman–Crippen MR) is 98.4 cm³/mol. The molecular formula is C13H26F3IN4S. The zero-order chi connectivity index (χ0) is 15.9. The molecule has 0 aromatic carbocycles. The third-order valence-electron chi connectivity index (χ3n) is 3.39. The molecule has 22 heavy (non-hydrogen) atoms. The molecule has 2 N–H and O–H groups in total. The molecule has 9 heteroatoms. The number of halogens is 4. The van der Waals surface area contributed by atoms with E-state index in [2.05, 4.69) is 22.5 Å². The Kier molecular flexibility index (Phi) is 10.1. The van der Waals surface area contributed by atoms with E-state index in [0.29, 0.717) is 19.0 Å². The third-order valence-corrected chi connectivity index (χ3v) is 4.93. The summed E-state index contributed by atoms with van der Waals surface area (Å²) in [6, 6.07) is 0. The summed E-state index contributed by atoms with van der Waals surface area (Å²) < 4.78 is 36.8. The topological polar surface area (TPSA) is 39.7 Å². The molecule has 1 unspecified atom stereocenters. The first-order valence-corrected chi connectivity index (χ1v) is 8.06. The Morgan fingerprint density at radius 1 is 1.36 bits per heavy atom. The van der Waals surface area contributed by atoms with Crippen molar-refractivity contribution < 1.29 is 13.2 Å². The van der Waals surface area contributed by atoms with Crippen LogP contribution in [0.1, 0.15) is 19.8 Å². The summed E-state index contributed by atoms with van der Waals surface area (Å²) in [5.41, 5.74) is 0. The van der Waals surface area contributed by atoms with Crippen LogP contribution in [0.2, 0.25) is 0 Å². The molecule has 1 rings (SSSR count). The minimum absolute atomic E-state index is 0. The van der Waals surface area contributed by atoms with Gasteiger partial charge in [-0.1, -0.05) is 0 Å². The first-order chi connectivity index (χ1) is 9.74. The quantitative estimate of drug-likeness (QED) is 0.368. The summed E-state index contributed by atoms with van der Waals surface area (Å²) in [4.78, 5) is 5.34. The van der Waals surface area contributed by atoms with Gasteiger partial charge in [0.1, 0.15) is 0 Å². The fourth-order valence-electron chi connectivity index (χ4n) is 2.22. The Hall–Kier alpha value is 0.1000. The van der Waals surface area contributed by atoms with E-state index in [-0.39, 0.29) is 28.7 Å². The lowest BCUT2D eigenvalue weighted by atomic mass is 10.1. The van der Waals surface area contributed by atoms with Gasteiger partial charge in [0.05, 0.1) is 6.54 Å². The van der Waals surface area contributed by atoms with Crippen LogP contribution in [0.5, 0.6) is 0 Å². The second-order valence-corrected chi connectivity index (χ2v) is 7.29. The van der Waals surface area contributed by atoms with Gasteiger partial charge in [0, 0.05) is 31.4 Å². The lowest BCUT2D eigenvalue weighted by Crippen LogP contribution is -2.46. The van der Waals surface area contributed by atoms with Crippen molar-refractivity contribution in [1.82, 2.24) is 15.5 Å². The van der Waals surface area contributed by atoms with E-state index in [4.69, 9.17) is 0 Å². The van der Waals surface area contributed by atoms with Gasteiger partial charge in [-0.2, -0.15) is 24.9 Å². The fraction of sp³-hybridized carbons (Fsp3) is 0.923. The lowest BCUT2D eigenvalue weighted by molar-refractivity contribution is -0.142. The van der Waals surface area contributed by atoms with Crippen LogP contribution in [0.25, 0.3) is 0 Å². The molecular weight excluding hydrogens is 428 g/mol. The molecule has 1 aliphatic heterocycles. The van der Waals surface area contributed by atoms with E-state index in [9.17, 15) is 13.2 Å². The van der Waals surface area contributed by atoms with Gasteiger partial charge in [-0.25, -0.2) is 0 Å². The normalized spacial score (nSPS) is 22.6. The molecule has 4 nitrogen and oxygen atoms in total. The predicted octanol–water partition coefficient (Wildman–Crippen LogP) is 2.55. The van der Waals surface area contributed by atoms with Crippen LogP contribution in [0, 0.1) is 0 Å². The van der Waals surface area contributed by atoms with Crippen molar-refractivity contribution in [3.63, 3.8) is 0 Å². The highest BCUT2D eigenvalue weighted by atomic mass is 127. The van der Waals surface area contributed by atoms with Crippen molar-refractivity contribution in [2.45, 2.75) is 30.7 Å². The summed E-state index contributed by atoms with van der Waals surface area (Å²) >= 11 is 1.95. The number of likely N-dealkylation sites (N-methyl/N-ethyl adjacent to an activating group) is 1. The Morgan fingerprint density at radius 3 is 2.55 bits per heavy atom. The van der Waals surface area contributed by atoms with Crippen LogP contribution < -0.4 is 10.6 Å². The van der Waals surface area contributed by atoms with Gasteiger partial charge >= 0.3 is 6.18 Å². The molecule has 0 amide bonds. The van der Waals surface area contributed by atoms with Crippen molar-refractivity contribution in [3.05, 3.63) is 0 Å². The minimum Gasteiger partial charge on any atom is -0.355 e. The van der Waals surface area contributed by atoms with Gasteiger partial charge in [0.25, 0.3) is 0 Å². The van der Waals surface area contributed by atoms with Gasteiger partial charge in [-0.3, -0.25) is 9.89 Å². The number of hydrogen-bond acceptors (Lipinski definition) is 3. The highest BCUT2D eigenvalue weighted by Gasteiger charge is 2.30. The van der Waals surface area contributed by atoms with Gasteiger partial charge in [-0.15, -0.1) is 24.0 Å². The number of alkyl halides is 3. The van der Waals surface area contributed by atoms with Crippen LogP contribution in [0.4, 0.5) is 13.2 Å². The SMILES string of the molecule is CN=C(NCCN(C)CC(F)(F)F)NCC1(C)CCCS1.I. The van der Waals surface area contributed by atoms with Gasteiger partial charge in [0.2, 0.25) is 0 Å². The molecule has 0 radical (unpaired) electrons. The number of nitrogens with zero attached hydrogens (tertiary/aromatic N) is 2. The summed E-state index contributed by atoms with van der Waals surface area (Å²) in [6.45, 7) is 2.88. The summed E-state index contributed by atoms with van der Waals surface area (Å²) in [5, 5.41) is 6.30. The first kappa shape index (κ1) is 22.1. The second-order valence-electron chi connectivity index (χ2n) is 5.61. The van der Waals surface area contributed by atoms with Crippen molar-refractivity contribution in [3.8, 4) is 0 Å². The average molecular weight is 454 g/mol. The molecule has 0 aliphatic carbocycles. The molecule has 0 spiro atoms. The summed E-state index contributed by atoms with van der Waals surface area (Å²) in [7, 11) is 3.13. The zero-order valence-corrected chi connectivity index (χ0v) is 16.4. The summed E-state index contributed by atoms with van der Waals surface area (Å²) in [6.07, 6.45) is -1.74. The van der Waals surface area contributed by atoms with Gasteiger partial charge in [0.15, 0.2) is 5.96 Å². The van der Waals surface area contributed by atoms with E-state index in [1.165, 1.54) is 30.5 Å². The highest BCUT2D eigenvalue weighted by Crippen LogP contribution is 2.36. The van der Waals surface area contributed by atoms with Crippen molar-refractivity contribution in [2.24, 2.45) is 4.99 Å². The van der Waals surface area contributed by atoms with Crippen molar-refractivity contribution >= 4 is 41.7 Å². The Labute approximate surface area is 152 Å². The van der Waals surface area contributed by atoms with Crippen LogP contribution in [-0.4, -0.2) is 67.8 Å². The number of guanidine groups is 1. The van der Waals surface area contributed by atoms with E-state index in [1.807, 2.05) is 11.8 Å². The average Bonchev–Trinajstić information content (AvgIpc) is 2.78. The molecule has 0 saturated carbocycles. The molecule has 1 atom stereocenters. The molecule has 0 aromatic rings. The molecule has 1 heterocycles. The molecule has 0 bridgehead atoms. The number of thioether (sulfide) groups is 1. The van der Waals surface area contributed by atoms with Gasteiger partial charge in [-0.05, 0) is 32.6 Å². The van der Waals surface area contributed by atoms with Crippen LogP contribution in [0.3, 0.4) is 0 Å². The molecule has 0 aromatic heterocycles. The van der Waals surface area contributed by atoms with Crippen LogP contribution in [0.15, 0.2) is 4.99 Å². The largest absolute Gasteiger partial charge is 0.401 e. The Bertz CT molecular complexity index is 347. The van der Waals surface area contributed by atoms with Gasteiger partial charge < -0.3 is 10.6 Å². The zero-order valence-electron chi connectivity index (χ0n) is 13.3. The number of rotatable bonds is 6. The number of hydrogen-bond donors (Lipinski definition) is 2. The smallest absolute Gasteiger partial charge is 0.355 e. The molecule has 1 fully saturated rings. The van der Waals surface area contributed by atoms with Crippen LogP contribution in [-0.2, 0) is 0 Å². The maximum absolute atomic E-state index is 12.2. The Balaban J connectivity index is 0.00000441. The molecule has 1 aliphatic rings. The molecule has 1 saturated heterocycles. The standard InChI is InChI=1S/C13H25F3N4S.HI/c1-12(5-4-8-21-12)9-19-11(17-2)18-6-7-20(3)10-13(14,15)16;/h4-10H2,1-3H3,(H2,17,18,19);1H. The fourth-order valence-corrected chi connectivity index (χ4v) is 3.46. The van der Waals surface area contributed by atoms with E-state index < -0.39 is 12.7 Å². The highest BCUT2D eigenvalue weighted by molar-refractivity contribution is 14.0. The van der Waals surface area contributed by atoms with Crippen LogP contribution >= 0.6 is 35.7 Å². The van der Waals surface area contributed by atoms with E-state index in [0.717, 1.165) is 6.54 Å². The first-order valence-electron chi connectivity index (χ1n) is 7.08. The third kappa shape index (κ3) is 9.29. The minimum atomic E-state index is -4.15. The summed E-state index contributed by atoms with van der Waals surface area (Å²) in [5.74, 6) is 1.83. The van der Waals surface area contributed by atoms with E-state index in [1.54, 1.807) is 7.05 Å². The maximum atomic E-state index is 12.2. The number of nitrogens with one attached hydrogen (secondary N) is 2. The van der Waals surface area contributed by atoms with Crippen molar-refractivity contribution in [1.29, 1.82) is 0 Å². The Morgan fingerprint density at radius 2 is 2.05 bits per heavy atom. The second kappa shape index (κ2) is 10.1. The molecule has 132 valence electrons. The number of aliphatic imine (C=N–C) groups is 1. The lowest BCUT2D eigenvalue weighted by Gasteiger charge is -2.25. The van der Waals surface area contributed by atoms with E-state index >= 15 is 0 Å². The maximum Gasteiger partial charge on any atom is 0.401 e. The monoisotopic (exact) mass is 454 g/mol.